The number of carbonyl (C=O) groups excluding carboxylic acids is 3. The Kier molecular flexibility index (Phi) is 6.78. The minimum Gasteiger partial charge on any atom is -0.450 e. The summed E-state index contributed by atoms with van der Waals surface area (Å²) < 4.78 is 4.83. The number of nitrogens with zero attached hydrogens (tertiary/aromatic N) is 2. The lowest BCUT2D eigenvalue weighted by Gasteiger charge is -2.34. The summed E-state index contributed by atoms with van der Waals surface area (Å²) in [5.74, 6) is 0.0754. The zero-order chi connectivity index (χ0) is 19.9. The first kappa shape index (κ1) is 20.0. The van der Waals surface area contributed by atoms with E-state index in [-0.39, 0.29) is 11.7 Å². The van der Waals surface area contributed by atoms with Crippen LogP contribution in [0.4, 0.5) is 10.5 Å². The molecule has 0 bridgehead atoms. The number of hydrogen-bond donors (Lipinski definition) is 1. The van der Waals surface area contributed by atoms with Gasteiger partial charge in [0.1, 0.15) is 0 Å². The maximum atomic E-state index is 12.7. The first-order valence-electron chi connectivity index (χ1n) is 9.19. The van der Waals surface area contributed by atoms with Gasteiger partial charge in [-0.25, -0.2) is 4.79 Å². The molecule has 2 aromatic rings. The molecule has 1 N–H and O–H groups in total. The van der Waals surface area contributed by atoms with Crippen LogP contribution in [0.25, 0.3) is 0 Å². The Morgan fingerprint density at radius 1 is 1.07 bits per heavy atom. The van der Waals surface area contributed by atoms with Gasteiger partial charge in [-0.1, -0.05) is 6.07 Å². The summed E-state index contributed by atoms with van der Waals surface area (Å²) >= 11 is 1.45. The van der Waals surface area contributed by atoms with Gasteiger partial charge >= 0.3 is 6.09 Å². The third-order valence-corrected chi connectivity index (χ3v) is 5.39. The molecule has 1 aliphatic rings. The van der Waals surface area contributed by atoms with E-state index in [1.54, 1.807) is 36.1 Å². The van der Waals surface area contributed by atoms with E-state index in [9.17, 15) is 14.4 Å². The van der Waals surface area contributed by atoms with Crippen LogP contribution < -0.4 is 5.32 Å². The Balaban J connectivity index is 1.49. The molecule has 2 amide bonds. The van der Waals surface area contributed by atoms with Gasteiger partial charge in [0.15, 0.2) is 5.78 Å². The molecule has 1 fully saturated rings. The van der Waals surface area contributed by atoms with Crippen LogP contribution in [0.3, 0.4) is 0 Å². The molecule has 148 valence electrons. The lowest BCUT2D eigenvalue weighted by molar-refractivity contribution is 0.0625. The molecular weight excluding hydrogens is 378 g/mol. The number of carbonyl (C=O) groups is 3. The summed E-state index contributed by atoms with van der Waals surface area (Å²) in [6.45, 7) is 4.93. The molecule has 0 spiro atoms. The second-order valence-corrected chi connectivity index (χ2v) is 7.34. The van der Waals surface area contributed by atoms with Crippen molar-refractivity contribution in [2.24, 2.45) is 0 Å². The Labute approximate surface area is 167 Å². The molecule has 1 aromatic carbocycles. The van der Waals surface area contributed by atoms with Crippen LogP contribution in [-0.2, 0) is 4.74 Å². The van der Waals surface area contributed by atoms with Crippen LogP contribution in [-0.4, -0.2) is 66.9 Å². The molecule has 0 atom stereocenters. The fourth-order valence-electron chi connectivity index (χ4n) is 2.99. The first-order chi connectivity index (χ1) is 13.6. The summed E-state index contributed by atoms with van der Waals surface area (Å²) in [5.41, 5.74) is 1.14. The number of Topliss-reactive ketones (excluding diaryl/α,β-unsaturated/α-hetero) is 1. The quantitative estimate of drug-likeness (QED) is 0.753. The SMILES string of the molecule is CCOC(=O)Nc1ccc(C(=O)N2CCN(CC(=O)c3cccs3)CC2)cc1. The zero-order valence-corrected chi connectivity index (χ0v) is 16.5. The standard InChI is InChI=1S/C20H23N3O4S/c1-2-27-20(26)21-16-7-5-15(6-8-16)19(25)23-11-9-22(10-12-23)14-17(24)18-4-3-13-28-18/h3-8,13H,2,9-12,14H2,1H3,(H,21,26). The second kappa shape index (κ2) is 9.48. The lowest BCUT2D eigenvalue weighted by atomic mass is 10.1. The van der Waals surface area contributed by atoms with E-state index >= 15 is 0 Å². The molecule has 8 heteroatoms. The number of amides is 2. The molecule has 28 heavy (non-hydrogen) atoms. The smallest absolute Gasteiger partial charge is 0.411 e. The van der Waals surface area contributed by atoms with Crippen LogP contribution in [0.2, 0.25) is 0 Å². The Bertz CT molecular complexity index is 812. The maximum Gasteiger partial charge on any atom is 0.411 e. The number of ether oxygens (including phenoxy) is 1. The number of thiophene rings is 1. The van der Waals surface area contributed by atoms with E-state index < -0.39 is 6.09 Å². The van der Waals surface area contributed by atoms with Gasteiger partial charge in [-0.15, -0.1) is 11.3 Å². The molecule has 0 radical (unpaired) electrons. The van der Waals surface area contributed by atoms with Crippen LogP contribution in [0.5, 0.6) is 0 Å². The van der Waals surface area contributed by atoms with Gasteiger partial charge in [-0.05, 0) is 42.6 Å². The topological polar surface area (TPSA) is 79.0 Å². The molecule has 3 rings (SSSR count). The average Bonchev–Trinajstić information content (AvgIpc) is 3.24. The van der Waals surface area contributed by atoms with Crippen molar-refractivity contribution in [3.05, 3.63) is 52.2 Å². The minimum absolute atomic E-state index is 0.0491. The maximum absolute atomic E-state index is 12.7. The number of benzene rings is 1. The molecule has 1 aliphatic heterocycles. The van der Waals surface area contributed by atoms with E-state index in [4.69, 9.17) is 4.74 Å². The second-order valence-electron chi connectivity index (χ2n) is 6.39. The van der Waals surface area contributed by atoms with Crippen molar-refractivity contribution in [3.8, 4) is 0 Å². The summed E-state index contributed by atoms with van der Waals surface area (Å²) in [7, 11) is 0. The summed E-state index contributed by atoms with van der Waals surface area (Å²) in [4.78, 5) is 41.0. The van der Waals surface area contributed by atoms with E-state index in [0.29, 0.717) is 50.6 Å². The third-order valence-electron chi connectivity index (χ3n) is 4.48. The molecule has 0 saturated carbocycles. The highest BCUT2D eigenvalue weighted by atomic mass is 32.1. The largest absolute Gasteiger partial charge is 0.450 e. The fraction of sp³-hybridized carbons (Fsp3) is 0.350. The molecule has 1 saturated heterocycles. The summed E-state index contributed by atoms with van der Waals surface area (Å²) in [6, 6.07) is 10.5. The van der Waals surface area contributed by atoms with Crippen molar-refractivity contribution in [3.63, 3.8) is 0 Å². The minimum atomic E-state index is -0.519. The predicted octanol–water partition coefficient (Wildman–Crippen LogP) is 2.96. The highest BCUT2D eigenvalue weighted by Crippen LogP contribution is 2.15. The van der Waals surface area contributed by atoms with Crippen molar-refractivity contribution in [1.82, 2.24) is 9.80 Å². The van der Waals surface area contributed by atoms with Crippen molar-refractivity contribution in [2.45, 2.75) is 6.92 Å². The zero-order valence-electron chi connectivity index (χ0n) is 15.7. The first-order valence-corrected chi connectivity index (χ1v) is 10.1. The molecule has 0 unspecified atom stereocenters. The van der Waals surface area contributed by atoms with Gasteiger partial charge in [0.2, 0.25) is 0 Å². The average molecular weight is 401 g/mol. The van der Waals surface area contributed by atoms with Gasteiger partial charge in [-0.2, -0.15) is 0 Å². The normalized spacial score (nSPS) is 14.5. The van der Waals surface area contributed by atoms with E-state index in [1.807, 2.05) is 17.5 Å². The number of nitrogens with one attached hydrogen (secondary N) is 1. The summed E-state index contributed by atoms with van der Waals surface area (Å²) in [5, 5.41) is 4.50. The highest BCUT2D eigenvalue weighted by Gasteiger charge is 2.23. The van der Waals surface area contributed by atoms with Crippen molar-refractivity contribution in [1.29, 1.82) is 0 Å². The van der Waals surface area contributed by atoms with E-state index in [2.05, 4.69) is 10.2 Å². The third kappa shape index (κ3) is 5.17. The molecular formula is C20H23N3O4S. The number of piperazine rings is 1. The van der Waals surface area contributed by atoms with Gasteiger partial charge in [0, 0.05) is 37.4 Å². The van der Waals surface area contributed by atoms with Crippen molar-refractivity contribution in [2.75, 3.05) is 44.6 Å². The monoisotopic (exact) mass is 401 g/mol. The number of hydrogen-bond acceptors (Lipinski definition) is 6. The predicted molar refractivity (Wildman–Crippen MR) is 108 cm³/mol. The van der Waals surface area contributed by atoms with Crippen molar-refractivity contribution >= 4 is 34.8 Å². The van der Waals surface area contributed by atoms with Crippen LogP contribution in [0, 0.1) is 0 Å². The highest BCUT2D eigenvalue weighted by molar-refractivity contribution is 7.12. The molecule has 7 nitrogen and oxygen atoms in total. The molecule has 0 aliphatic carbocycles. The molecule has 1 aromatic heterocycles. The van der Waals surface area contributed by atoms with Gasteiger partial charge in [-0.3, -0.25) is 19.8 Å². The molecule has 2 heterocycles. The number of anilines is 1. The summed E-state index contributed by atoms with van der Waals surface area (Å²) in [6.07, 6.45) is -0.519. The van der Waals surface area contributed by atoms with E-state index in [0.717, 1.165) is 4.88 Å². The Morgan fingerprint density at radius 2 is 1.79 bits per heavy atom. The van der Waals surface area contributed by atoms with Gasteiger partial charge in [0.05, 0.1) is 18.0 Å². The van der Waals surface area contributed by atoms with Crippen LogP contribution in [0.15, 0.2) is 41.8 Å². The number of rotatable bonds is 6. The Morgan fingerprint density at radius 3 is 2.39 bits per heavy atom. The van der Waals surface area contributed by atoms with Crippen LogP contribution >= 0.6 is 11.3 Å². The van der Waals surface area contributed by atoms with Crippen molar-refractivity contribution < 1.29 is 19.1 Å². The Hall–Kier alpha value is -2.71. The number of ketones is 1. The van der Waals surface area contributed by atoms with Gasteiger partial charge in [0.25, 0.3) is 5.91 Å². The van der Waals surface area contributed by atoms with Crippen LogP contribution in [0.1, 0.15) is 27.0 Å². The van der Waals surface area contributed by atoms with E-state index in [1.165, 1.54) is 11.3 Å². The fourth-order valence-corrected chi connectivity index (χ4v) is 3.65. The lowest BCUT2D eigenvalue weighted by Crippen LogP contribution is -2.49. The van der Waals surface area contributed by atoms with Gasteiger partial charge < -0.3 is 9.64 Å².